The van der Waals surface area contributed by atoms with Crippen molar-refractivity contribution in [2.24, 2.45) is 0 Å². The van der Waals surface area contributed by atoms with Crippen LogP contribution in [-0.2, 0) is 0 Å². The third-order valence-electron chi connectivity index (χ3n) is 17.3. The Kier molecular flexibility index (Phi) is 23.1. The van der Waals surface area contributed by atoms with E-state index in [1.807, 2.05) is 6.92 Å². The summed E-state index contributed by atoms with van der Waals surface area (Å²) in [5, 5.41) is 39.1. The first-order valence-electron chi connectivity index (χ1n) is 30.8. The number of unbranched alkanes of at least 4 members (excludes halogenated alkanes) is 8. The molecule has 0 aliphatic carbocycles. The zero-order valence-electron chi connectivity index (χ0n) is 52.4. The van der Waals surface area contributed by atoms with Gasteiger partial charge in [0.2, 0.25) is 29.7 Å². The lowest BCUT2D eigenvalue weighted by atomic mass is 9.78. The molecule has 3 aliphatic rings. The van der Waals surface area contributed by atoms with Gasteiger partial charge in [0.25, 0.3) is 0 Å². The van der Waals surface area contributed by atoms with Gasteiger partial charge in [-0.2, -0.15) is 45.1 Å². The second kappa shape index (κ2) is 27.5. The zero-order chi connectivity index (χ0) is 57.1. The Balaban J connectivity index is 1.49. The van der Waals surface area contributed by atoms with Crippen LogP contribution in [0.15, 0.2) is 0 Å². The van der Waals surface area contributed by atoms with Crippen molar-refractivity contribution in [1.29, 1.82) is 0 Å². The van der Waals surface area contributed by atoms with Gasteiger partial charge in [0, 0.05) is 97.2 Å². The number of hydrogen-bond acceptors (Lipinski definition) is 17. The van der Waals surface area contributed by atoms with E-state index in [-0.39, 0.29) is 18.1 Å². The van der Waals surface area contributed by atoms with Crippen LogP contribution >= 0.6 is 0 Å². The first kappa shape index (κ1) is 64.6. The minimum absolute atomic E-state index is 0.0906. The van der Waals surface area contributed by atoms with Crippen LogP contribution in [-0.4, -0.2) is 158 Å². The molecule has 0 atom stereocenters. The van der Waals surface area contributed by atoms with Gasteiger partial charge in [-0.3, -0.25) is 0 Å². The van der Waals surface area contributed by atoms with Gasteiger partial charge < -0.3 is 40.1 Å². The normalized spacial score (nSPS) is 20.8. The third-order valence-corrected chi connectivity index (χ3v) is 17.3. The van der Waals surface area contributed by atoms with Crippen LogP contribution in [0.2, 0.25) is 0 Å². The molecule has 2 aromatic rings. The first-order chi connectivity index (χ1) is 36.1. The van der Waals surface area contributed by atoms with Gasteiger partial charge in [0.1, 0.15) is 5.82 Å². The molecule has 0 amide bonds. The quantitative estimate of drug-likeness (QED) is 0.0632. The Morgan fingerprint density at radius 1 is 0.338 bits per heavy atom. The SMILES string of the molecule is CCCCN(CCCC)c1nc(N(CCCC)CCCC)nc(N(CCCCCCN(c2nc(C)nc(N(CCCC)C3CC(C)(C)N(O)C(C)(C)C3)n2)C2CC(C)(C)N(O)C(C)(C)C2)C2CC(C)(C)N(O)C(C)(C)C2)n1. The summed E-state index contributed by atoms with van der Waals surface area (Å²) in [5.41, 5.74) is -2.66. The van der Waals surface area contributed by atoms with E-state index in [2.05, 4.69) is 142 Å². The van der Waals surface area contributed by atoms with Crippen molar-refractivity contribution in [3.05, 3.63) is 5.82 Å². The average Bonchev–Trinajstić information content (AvgIpc) is 3.34. The van der Waals surface area contributed by atoms with Crippen molar-refractivity contribution in [2.45, 2.75) is 304 Å². The van der Waals surface area contributed by atoms with Crippen molar-refractivity contribution in [3.63, 3.8) is 0 Å². The summed E-state index contributed by atoms with van der Waals surface area (Å²) in [6, 6.07) is 0.337. The molecule has 0 bridgehead atoms. The molecule has 5 heterocycles. The summed E-state index contributed by atoms with van der Waals surface area (Å²) in [5.74, 6) is 4.47. The highest BCUT2D eigenvalue weighted by Gasteiger charge is 2.50. The van der Waals surface area contributed by atoms with Crippen molar-refractivity contribution in [1.82, 2.24) is 45.1 Å². The smallest absolute Gasteiger partial charge is 0.232 e. The highest BCUT2D eigenvalue weighted by Crippen LogP contribution is 2.43. The van der Waals surface area contributed by atoms with Gasteiger partial charge in [-0.1, -0.05) is 79.6 Å². The first-order valence-corrected chi connectivity index (χ1v) is 30.8. The second-order valence-electron chi connectivity index (χ2n) is 27.5. The average molecular weight is 1080 g/mol. The topological polar surface area (TPSA) is 164 Å². The van der Waals surface area contributed by atoms with Crippen LogP contribution < -0.4 is 24.5 Å². The Labute approximate surface area is 469 Å². The predicted octanol–water partition coefficient (Wildman–Crippen LogP) is 12.9. The minimum Gasteiger partial charge on any atom is -0.341 e. The van der Waals surface area contributed by atoms with Gasteiger partial charge >= 0.3 is 0 Å². The van der Waals surface area contributed by atoms with Crippen LogP contribution in [0, 0.1) is 6.92 Å². The number of piperidine rings is 3. The van der Waals surface area contributed by atoms with Crippen LogP contribution in [0.25, 0.3) is 0 Å². The van der Waals surface area contributed by atoms with Crippen LogP contribution in [0.1, 0.15) is 252 Å². The molecular weight excluding hydrogens is 965 g/mol. The van der Waals surface area contributed by atoms with Crippen molar-refractivity contribution in [2.75, 3.05) is 70.3 Å². The van der Waals surface area contributed by atoms with Crippen molar-refractivity contribution >= 4 is 29.7 Å². The molecule has 77 heavy (non-hydrogen) atoms. The fraction of sp³-hybridized carbons (Fsp3) is 0.900. The minimum atomic E-state index is -0.461. The van der Waals surface area contributed by atoms with Crippen LogP contribution in [0.5, 0.6) is 0 Å². The molecule has 0 unspecified atom stereocenters. The summed E-state index contributed by atoms with van der Waals surface area (Å²) in [6.07, 6.45) is 19.4. The van der Waals surface area contributed by atoms with E-state index in [1.165, 1.54) is 0 Å². The number of aromatic nitrogens is 6. The molecule has 3 aliphatic heterocycles. The van der Waals surface area contributed by atoms with Gasteiger partial charge in [0.15, 0.2) is 0 Å². The second-order valence-corrected chi connectivity index (χ2v) is 27.5. The number of aryl methyl sites for hydroxylation is 1. The monoisotopic (exact) mass is 1080 g/mol. The van der Waals surface area contributed by atoms with Gasteiger partial charge in [-0.25, -0.2) is 0 Å². The number of rotatable bonds is 30. The highest BCUT2D eigenvalue weighted by molar-refractivity contribution is 5.48. The van der Waals surface area contributed by atoms with E-state index in [0.29, 0.717) is 17.7 Å². The summed E-state index contributed by atoms with van der Waals surface area (Å²) in [4.78, 5) is 44.2. The fourth-order valence-electron chi connectivity index (χ4n) is 13.4. The summed E-state index contributed by atoms with van der Waals surface area (Å²) >= 11 is 0. The fourth-order valence-corrected chi connectivity index (χ4v) is 13.4. The Hall–Kier alpha value is -3.22. The summed E-state index contributed by atoms with van der Waals surface area (Å²) < 4.78 is 0. The lowest BCUT2D eigenvalue weighted by Crippen LogP contribution is -2.63. The maximum absolute atomic E-state index is 11.6. The van der Waals surface area contributed by atoms with E-state index in [0.717, 1.165) is 192 Å². The van der Waals surface area contributed by atoms with Gasteiger partial charge in [-0.05, 0) is 173 Å². The molecule has 0 saturated carbocycles. The number of anilines is 5. The molecule has 0 radical (unpaired) electrons. The predicted molar refractivity (Wildman–Crippen MR) is 318 cm³/mol. The largest absolute Gasteiger partial charge is 0.341 e. The maximum Gasteiger partial charge on any atom is 0.232 e. The van der Waals surface area contributed by atoms with Crippen molar-refractivity contribution < 1.29 is 15.6 Å². The molecule has 3 saturated heterocycles. The van der Waals surface area contributed by atoms with Crippen LogP contribution in [0.4, 0.5) is 29.7 Å². The molecule has 17 heteroatoms. The molecule has 0 spiro atoms. The zero-order valence-corrected chi connectivity index (χ0v) is 52.4. The highest BCUT2D eigenvalue weighted by atomic mass is 16.5. The molecule has 17 nitrogen and oxygen atoms in total. The van der Waals surface area contributed by atoms with E-state index in [9.17, 15) is 15.6 Å². The third kappa shape index (κ3) is 16.7. The molecule has 0 aromatic carbocycles. The Morgan fingerprint density at radius 2 is 0.558 bits per heavy atom. The maximum atomic E-state index is 11.6. The van der Waals surface area contributed by atoms with Crippen LogP contribution in [0.3, 0.4) is 0 Å². The number of nitrogens with zero attached hydrogens (tertiary/aromatic N) is 14. The van der Waals surface area contributed by atoms with Gasteiger partial charge in [-0.15, -0.1) is 0 Å². The van der Waals surface area contributed by atoms with E-state index in [1.54, 1.807) is 15.2 Å². The van der Waals surface area contributed by atoms with E-state index in [4.69, 9.17) is 29.9 Å². The standard InChI is InChI=1S/C60H114N14O3/c1-19-24-33-67(34-25-20-2)50-63-51(68(35-26-21-3)36-27-22-4)65-54(64-50)71(49-44-59(15,16)74(77)60(17,18)45-49)39-32-30-29-31-38-70(48-42-57(11,12)73(76)58(13,14)43-48)53-62-46(6)61-52(66-53)69(37-28-23-5)47-40-55(7,8)72(75)56(9,10)41-47/h47-49,75-77H,19-45H2,1-18H3. The lowest BCUT2D eigenvalue weighted by Gasteiger charge is -2.54. The summed E-state index contributed by atoms with van der Waals surface area (Å²) in [6.45, 7) is 45.1. The molecule has 5 rings (SSSR count). The Morgan fingerprint density at radius 3 is 0.831 bits per heavy atom. The Bertz CT molecular complexity index is 1990. The molecular formula is C60H114N14O3. The summed E-state index contributed by atoms with van der Waals surface area (Å²) in [7, 11) is 0. The van der Waals surface area contributed by atoms with E-state index >= 15 is 0 Å². The molecule has 3 N–H and O–H groups in total. The lowest BCUT2D eigenvalue weighted by molar-refractivity contribution is -0.244. The molecule has 3 fully saturated rings. The number of hydroxylamine groups is 6. The molecule has 442 valence electrons. The van der Waals surface area contributed by atoms with Gasteiger partial charge in [0.05, 0.1) is 0 Å². The van der Waals surface area contributed by atoms with E-state index < -0.39 is 33.2 Å². The number of hydrogen-bond donors (Lipinski definition) is 3. The van der Waals surface area contributed by atoms with Crippen molar-refractivity contribution in [3.8, 4) is 0 Å². The molecule has 2 aromatic heterocycles.